The van der Waals surface area contributed by atoms with Gasteiger partial charge in [0.25, 0.3) is 0 Å². The van der Waals surface area contributed by atoms with Crippen LogP contribution in [0.2, 0.25) is 0 Å². The van der Waals surface area contributed by atoms with Crippen molar-refractivity contribution < 1.29 is 19.2 Å². The fourth-order valence-electron chi connectivity index (χ4n) is 2.82. The molecule has 2 N–H and O–H groups in total. The van der Waals surface area contributed by atoms with E-state index in [0.29, 0.717) is 5.56 Å². The molecule has 0 radical (unpaired) electrons. The van der Waals surface area contributed by atoms with Gasteiger partial charge in [-0.05, 0) is 25.0 Å². The zero-order valence-electron chi connectivity index (χ0n) is 14.6. The lowest BCUT2D eigenvalue weighted by molar-refractivity contribution is -0.385. The predicted octanol–water partition coefficient (Wildman–Crippen LogP) is 1.89. The Kier molecular flexibility index (Phi) is 7.07. The number of carbonyl (C=O) groups is 2. The lowest BCUT2D eigenvalue weighted by atomic mass is 9.95. The van der Waals surface area contributed by atoms with Crippen LogP contribution in [0.1, 0.15) is 44.1 Å². The molecule has 0 heterocycles. The van der Waals surface area contributed by atoms with Gasteiger partial charge in [-0.1, -0.05) is 19.3 Å². The second kappa shape index (κ2) is 9.50. The molecule has 1 aromatic carbocycles. The number of nitro groups is 1. The van der Waals surface area contributed by atoms with Gasteiger partial charge in [0.1, 0.15) is 6.42 Å². The van der Waals surface area contributed by atoms with E-state index >= 15 is 0 Å². The number of hydrogen-bond donors (Lipinski definition) is 2. The third-order valence-corrected chi connectivity index (χ3v) is 4.09. The summed E-state index contributed by atoms with van der Waals surface area (Å²) in [6.45, 7) is 0. The van der Waals surface area contributed by atoms with Gasteiger partial charge in [-0.3, -0.25) is 19.7 Å². The normalized spacial score (nSPS) is 14.8. The summed E-state index contributed by atoms with van der Waals surface area (Å²) in [4.78, 5) is 34.0. The van der Waals surface area contributed by atoms with E-state index in [-0.39, 0.29) is 29.8 Å². The number of hydrazone groups is 1. The topological polar surface area (TPSA) is 123 Å². The van der Waals surface area contributed by atoms with E-state index in [2.05, 4.69) is 15.8 Å². The maximum Gasteiger partial charge on any atom is 0.311 e. The molecule has 0 atom stereocenters. The number of nitrogens with one attached hydrogen (secondary N) is 2. The Morgan fingerprint density at radius 2 is 2.04 bits per heavy atom. The number of rotatable bonds is 7. The highest BCUT2D eigenvalue weighted by Crippen LogP contribution is 2.26. The smallest absolute Gasteiger partial charge is 0.311 e. The summed E-state index contributed by atoms with van der Waals surface area (Å²) in [7, 11) is 1.34. The number of benzene rings is 1. The minimum atomic E-state index is -0.565. The minimum Gasteiger partial charge on any atom is -0.490 e. The Balaban J connectivity index is 1.83. The fraction of sp³-hybridized carbons (Fsp3) is 0.471. The summed E-state index contributed by atoms with van der Waals surface area (Å²) in [6, 6.07) is 4.44. The minimum absolute atomic E-state index is 0.135. The van der Waals surface area contributed by atoms with Crippen molar-refractivity contribution in [1.29, 1.82) is 0 Å². The van der Waals surface area contributed by atoms with Crippen molar-refractivity contribution in [1.82, 2.24) is 10.7 Å². The Labute approximate surface area is 150 Å². The van der Waals surface area contributed by atoms with Crippen molar-refractivity contribution >= 4 is 23.7 Å². The molecular weight excluding hydrogens is 340 g/mol. The molecule has 1 aliphatic carbocycles. The van der Waals surface area contributed by atoms with Crippen LogP contribution in [0.25, 0.3) is 0 Å². The summed E-state index contributed by atoms with van der Waals surface area (Å²) in [5, 5.41) is 17.5. The average Bonchev–Trinajstić information content (AvgIpc) is 2.62. The zero-order valence-corrected chi connectivity index (χ0v) is 14.6. The Morgan fingerprint density at radius 1 is 1.31 bits per heavy atom. The number of ether oxygens (including phenoxy) is 1. The molecule has 0 aromatic heterocycles. The van der Waals surface area contributed by atoms with Gasteiger partial charge >= 0.3 is 5.69 Å². The summed E-state index contributed by atoms with van der Waals surface area (Å²) in [5.74, 6) is -0.738. The first-order valence-electron chi connectivity index (χ1n) is 8.43. The number of nitro benzene ring substituents is 1. The molecule has 0 spiro atoms. The molecule has 1 saturated carbocycles. The number of methoxy groups -OCH3 is 1. The van der Waals surface area contributed by atoms with Gasteiger partial charge in [-0.15, -0.1) is 0 Å². The molecule has 9 heteroatoms. The SMILES string of the molecule is COc1ccc(/C=N\NC(=O)CC(=O)NC2CCCCC2)cc1[N+](=O)[O-]. The van der Waals surface area contributed by atoms with E-state index in [0.717, 1.165) is 25.7 Å². The summed E-state index contributed by atoms with van der Waals surface area (Å²) < 4.78 is 4.91. The van der Waals surface area contributed by atoms with E-state index in [4.69, 9.17) is 4.74 Å². The summed E-state index contributed by atoms with van der Waals surface area (Å²) in [6.07, 6.45) is 6.22. The third kappa shape index (κ3) is 5.83. The standard InChI is InChI=1S/C17H22N4O5/c1-26-15-8-7-12(9-14(15)21(24)25)11-18-20-17(23)10-16(22)19-13-5-3-2-4-6-13/h7-9,11,13H,2-6,10H2,1H3,(H,19,22)(H,20,23)/b18-11-. The summed E-state index contributed by atoms with van der Waals surface area (Å²) in [5.41, 5.74) is 2.47. The number of nitrogens with zero attached hydrogens (tertiary/aromatic N) is 2. The predicted molar refractivity (Wildman–Crippen MR) is 95.0 cm³/mol. The Hall–Kier alpha value is -2.97. The summed E-state index contributed by atoms with van der Waals surface area (Å²) >= 11 is 0. The third-order valence-electron chi connectivity index (χ3n) is 4.09. The first kappa shape index (κ1) is 19.4. The molecule has 26 heavy (non-hydrogen) atoms. The van der Waals surface area contributed by atoms with E-state index < -0.39 is 10.8 Å². The largest absolute Gasteiger partial charge is 0.490 e. The zero-order chi connectivity index (χ0) is 18.9. The van der Waals surface area contributed by atoms with Gasteiger partial charge in [0.05, 0.1) is 18.2 Å². The van der Waals surface area contributed by atoms with Crippen molar-refractivity contribution in [3.63, 3.8) is 0 Å². The van der Waals surface area contributed by atoms with Crippen LogP contribution in [0, 0.1) is 10.1 Å². The Morgan fingerprint density at radius 3 is 2.69 bits per heavy atom. The highest BCUT2D eigenvalue weighted by molar-refractivity contribution is 5.97. The second-order valence-corrected chi connectivity index (χ2v) is 6.06. The number of carbonyl (C=O) groups excluding carboxylic acids is 2. The monoisotopic (exact) mass is 362 g/mol. The van der Waals surface area contributed by atoms with Crippen molar-refractivity contribution in [2.24, 2.45) is 5.10 Å². The average molecular weight is 362 g/mol. The molecule has 9 nitrogen and oxygen atoms in total. The maximum absolute atomic E-state index is 11.8. The van der Waals surface area contributed by atoms with E-state index in [1.165, 1.54) is 31.9 Å². The number of amides is 2. The van der Waals surface area contributed by atoms with Crippen LogP contribution >= 0.6 is 0 Å². The molecule has 0 unspecified atom stereocenters. The van der Waals surface area contributed by atoms with Crippen molar-refractivity contribution in [2.75, 3.05) is 7.11 Å². The highest BCUT2D eigenvalue weighted by atomic mass is 16.6. The van der Waals surface area contributed by atoms with Gasteiger partial charge < -0.3 is 10.1 Å². The second-order valence-electron chi connectivity index (χ2n) is 6.06. The van der Waals surface area contributed by atoms with E-state index in [1.807, 2.05) is 0 Å². The molecule has 1 aliphatic rings. The van der Waals surface area contributed by atoms with Crippen molar-refractivity contribution in [3.8, 4) is 5.75 Å². The molecular formula is C17H22N4O5. The first-order valence-corrected chi connectivity index (χ1v) is 8.43. The number of hydrogen-bond acceptors (Lipinski definition) is 6. The van der Waals surface area contributed by atoms with E-state index in [1.54, 1.807) is 6.07 Å². The van der Waals surface area contributed by atoms with Crippen LogP contribution in [0.4, 0.5) is 5.69 Å². The van der Waals surface area contributed by atoms with Gasteiger partial charge in [0.15, 0.2) is 5.75 Å². The van der Waals surface area contributed by atoms with Gasteiger partial charge in [0, 0.05) is 17.7 Å². The molecule has 0 saturated heterocycles. The van der Waals surface area contributed by atoms with Crippen molar-refractivity contribution in [3.05, 3.63) is 33.9 Å². The highest BCUT2D eigenvalue weighted by Gasteiger charge is 2.17. The van der Waals surface area contributed by atoms with E-state index in [9.17, 15) is 19.7 Å². The molecule has 2 rings (SSSR count). The quantitative estimate of drug-likeness (QED) is 0.332. The van der Waals surface area contributed by atoms with Gasteiger partial charge in [-0.25, -0.2) is 5.43 Å². The first-order chi connectivity index (χ1) is 12.5. The maximum atomic E-state index is 11.8. The van der Waals surface area contributed by atoms with Crippen LogP contribution in [0.3, 0.4) is 0 Å². The molecule has 0 aliphatic heterocycles. The lowest BCUT2D eigenvalue weighted by Gasteiger charge is -2.22. The van der Waals surface area contributed by atoms with Crippen LogP contribution < -0.4 is 15.5 Å². The van der Waals surface area contributed by atoms with Crippen LogP contribution in [0.15, 0.2) is 23.3 Å². The van der Waals surface area contributed by atoms with Crippen LogP contribution in [-0.4, -0.2) is 36.1 Å². The molecule has 2 amide bonds. The van der Waals surface area contributed by atoms with Gasteiger partial charge in [0.2, 0.25) is 11.8 Å². The molecule has 140 valence electrons. The molecule has 0 bridgehead atoms. The van der Waals surface area contributed by atoms with Crippen molar-refractivity contribution in [2.45, 2.75) is 44.6 Å². The van der Waals surface area contributed by atoms with Crippen LogP contribution in [-0.2, 0) is 9.59 Å². The lowest BCUT2D eigenvalue weighted by Crippen LogP contribution is -2.38. The van der Waals surface area contributed by atoms with Crippen LogP contribution in [0.5, 0.6) is 5.75 Å². The Bertz CT molecular complexity index is 698. The fourth-order valence-corrected chi connectivity index (χ4v) is 2.82. The molecule has 1 aromatic rings. The molecule has 1 fully saturated rings. The van der Waals surface area contributed by atoms with Gasteiger partial charge in [-0.2, -0.15) is 5.10 Å².